The van der Waals surface area contributed by atoms with Gasteiger partial charge in [0.15, 0.2) is 4.80 Å². The monoisotopic (exact) mass is 399 g/mol. The molecule has 2 aromatic rings. The Balaban J connectivity index is 2.58. The molecule has 0 saturated carbocycles. The topological polar surface area (TPSA) is 98.0 Å². The van der Waals surface area contributed by atoms with Gasteiger partial charge in [-0.3, -0.25) is 9.59 Å². The summed E-state index contributed by atoms with van der Waals surface area (Å²) < 4.78 is 31.1. The van der Waals surface area contributed by atoms with Gasteiger partial charge in [0, 0.05) is 7.05 Å². The van der Waals surface area contributed by atoms with Crippen molar-refractivity contribution < 1.29 is 22.7 Å². The molecule has 26 heavy (non-hydrogen) atoms. The van der Waals surface area contributed by atoms with Crippen molar-refractivity contribution in [3.63, 3.8) is 0 Å². The van der Waals surface area contributed by atoms with Crippen LogP contribution < -0.4 is 4.80 Å². The Bertz CT molecular complexity index is 1030. The molecule has 8 nitrogen and oxygen atoms in total. The summed E-state index contributed by atoms with van der Waals surface area (Å²) in [6.45, 7) is 3.42. The van der Waals surface area contributed by atoms with Gasteiger partial charge in [-0.25, -0.2) is 8.42 Å². The van der Waals surface area contributed by atoms with Crippen molar-refractivity contribution in [2.24, 2.45) is 4.99 Å². The predicted octanol–water partition coefficient (Wildman–Crippen LogP) is 0.811. The predicted molar refractivity (Wildman–Crippen MR) is 99.3 cm³/mol. The number of sulfonamides is 1. The van der Waals surface area contributed by atoms with Gasteiger partial charge in [0.1, 0.15) is 6.54 Å². The Morgan fingerprint density at radius 1 is 1.31 bits per heavy atom. The molecule has 0 bridgehead atoms. The number of nitrogens with zero attached hydrogens (tertiary/aromatic N) is 3. The molecule has 0 saturated heterocycles. The molecule has 1 aromatic carbocycles. The third-order valence-electron chi connectivity index (χ3n) is 3.77. The van der Waals surface area contributed by atoms with Gasteiger partial charge in [-0.05, 0) is 31.0 Å². The largest absolute Gasteiger partial charge is 0.468 e. The molecule has 0 fully saturated rings. The van der Waals surface area contributed by atoms with Crippen LogP contribution in [0.1, 0.15) is 11.1 Å². The van der Waals surface area contributed by atoms with E-state index in [4.69, 9.17) is 4.74 Å². The minimum atomic E-state index is -3.49. The number of methoxy groups -OCH3 is 1. The maximum atomic E-state index is 12.2. The molecule has 0 radical (unpaired) electrons. The second-order valence-electron chi connectivity index (χ2n) is 6.00. The Hall–Kier alpha value is -2.04. The summed E-state index contributed by atoms with van der Waals surface area (Å²) in [5, 5.41) is 0. The number of fused-ring (bicyclic) bond motifs is 1. The van der Waals surface area contributed by atoms with Crippen molar-refractivity contribution in [3.8, 4) is 0 Å². The van der Waals surface area contributed by atoms with E-state index in [1.165, 1.54) is 25.5 Å². The maximum Gasteiger partial charge on any atom is 0.325 e. The van der Waals surface area contributed by atoms with Crippen LogP contribution in [0.2, 0.25) is 0 Å². The highest BCUT2D eigenvalue weighted by molar-refractivity contribution is 7.88. The van der Waals surface area contributed by atoms with Crippen molar-refractivity contribution in [1.82, 2.24) is 8.87 Å². The number of aromatic nitrogens is 1. The molecule has 0 aliphatic heterocycles. The number of benzene rings is 1. The van der Waals surface area contributed by atoms with E-state index < -0.39 is 21.9 Å². The lowest BCUT2D eigenvalue weighted by atomic mass is 10.1. The van der Waals surface area contributed by atoms with Crippen LogP contribution in [0, 0.1) is 13.8 Å². The molecule has 0 unspecified atom stereocenters. The zero-order valence-electron chi connectivity index (χ0n) is 15.3. The fourth-order valence-electron chi connectivity index (χ4n) is 2.39. The average molecular weight is 399 g/mol. The number of ether oxygens (including phenoxy) is 1. The summed E-state index contributed by atoms with van der Waals surface area (Å²) in [6.07, 6.45) is 1.02. The molecular formula is C16H21N3O5S2. The second kappa shape index (κ2) is 7.68. The standard InChI is InChI=1S/C16H21N3O5S2/c1-10-6-11(2)15-12(7-10)19(9-14(21)24-4)16(25-15)17-13(20)8-18(3)26(5,22)23/h6-7H,8-9H2,1-5H3. The number of carbonyl (C=O) groups excluding carboxylic acids is 2. The number of hydrogen-bond donors (Lipinski definition) is 0. The van der Waals surface area contributed by atoms with Crippen LogP contribution in [-0.4, -0.2) is 56.1 Å². The highest BCUT2D eigenvalue weighted by Gasteiger charge is 2.17. The fraction of sp³-hybridized carbons (Fsp3) is 0.438. The molecule has 10 heteroatoms. The third-order valence-corrected chi connectivity index (χ3v) is 6.26. The SMILES string of the molecule is COC(=O)Cn1c(=NC(=O)CN(C)S(C)(=O)=O)sc2c(C)cc(C)cc21. The Kier molecular flexibility index (Phi) is 5.99. The quantitative estimate of drug-likeness (QED) is 0.693. The molecule has 0 aliphatic rings. The molecular weight excluding hydrogens is 378 g/mol. The van der Waals surface area contributed by atoms with Gasteiger partial charge < -0.3 is 9.30 Å². The number of carbonyl (C=O) groups is 2. The molecule has 1 heterocycles. The second-order valence-corrected chi connectivity index (χ2v) is 9.07. The average Bonchev–Trinajstić information content (AvgIpc) is 2.84. The van der Waals surface area contributed by atoms with Gasteiger partial charge >= 0.3 is 5.97 Å². The Labute approximate surface area is 155 Å². The van der Waals surface area contributed by atoms with Crippen molar-refractivity contribution in [3.05, 3.63) is 28.1 Å². The summed E-state index contributed by atoms with van der Waals surface area (Å²) >= 11 is 1.27. The first-order valence-electron chi connectivity index (χ1n) is 7.69. The van der Waals surface area contributed by atoms with E-state index in [2.05, 4.69) is 4.99 Å². The van der Waals surface area contributed by atoms with E-state index in [9.17, 15) is 18.0 Å². The number of amides is 1. The number of esters is 1. The normalized spacial score (nSPS) is 12.8. The van der Waals surface area contributed by atoms with Crippen LogP contribution in [0.15, 0.2) is 17.1 Å². The summed E-state index contributed by atoms with van der Waals surface area (Å²) in [5.41, 5.74) is 2.80. The third kappa shape index (κ3) is 4.57. The van der Waals surface area contributed by atoms with Crippen LogP contribution in [0.5, 0.6) is 0 Å². The summed E-state index contributed by atoms with van der Waals surface area (Å²) in [5.74, 6) is -1.08. The summed E-state index contributed by atoms with van der Waals surface area (Å²) in [4.78, 5) is 28.4. The van der Waals surface area contributed by atoms with Crippen molar-refractivity contribution in [2.75, 3.05) is 27.0 Å². The zero-order chi connectivity index (χ0) is 19.6. The highest BCUT2D eigenvalue weighted by atomic mass is 32.2. The fourth-order valence-corrected chi connectivity index (χ4v) is 3.84. The molecule has 0 N–H and O–H groups in total. The van der Waals surface area contributed by atoms with Crippen LogP contribution >= 0.6 is 11.3 Å². The summed E-state index contributed by atoms with van der Waals surface area (Å²) in [6, 6.07) is 3.91. The number of hydrogen-bond acceptors (Lipinski definition) is 6. The Morgan fingerprint density at radius 3 is 2.54 bits per heavy atom. The first-order valence-corrected chi connectivity index (χ1v) is 10.4. The number of thiazole rings is 1. The van der Waals surface area contributed by atoms with Crippen molar-refractivity contribution in [1.29, 1.82) is 0 Å². The van der Waals surface area contributed by atoms with Crippen LogP contribution in [0.4, 0.5) is 0 Å². The molecule has 2 rings (SSSR count). The van der Waals surface area contributed by atoms with Crippen LogP contribution in [0.3, 0.4) is 0 Å². The lowest BCUT2D eigenvalue weighted by Crippen LogP contribution is -2.32. The van der Waals surface area contributed by atoms with Gasteiger partial charge in [-0.15, -0.1) is 0 Å². The van der Waals surface area contributed by atoms with Crippen LogP contribution in [0.25, 0.3) is 10.2 Å². The van der Waals surface area contributed by atoms with Gasteiger partial charge in [-0.1, -0.05) is 17.4 Å². The molecule has 1 amide bonds. The number of likely N-dealkylation sites (N-methyl/N-ethyl adjacent to an activating group) is 1. The lowest BCUT2D eigenvalue weighted by molar-refractivity contribution is -0.141. The smallest absolute Gasteiger partial charge is 0.325 e. The zero-order valence-corrected chi connectivity index (χ0v) is 16.9. The van der Waals surface area contributed by atoms with E-state index >= 15 is 0 Å². The summed E-state index contributed by atoms with van der Waals surface area (Å²) in [7, 11) is -0.887. The van der Waals surface area contributed by atoms with Gasteiger partial charge in [-0.2, -0.15) is 9.30 Å². The molecule has 0 atom stereocenters. The van der Waals surface area contributed by atoms with Crippen molar-refractivity contribution >= 4 is 43.5 Å². The van der Waals surface area contributed by atoms with Crippen molar-refractivity contribution in [2.45, 2.75) is 20.4 Å². The lowest BCUT2D eigenvalue weighted by Gasteiger charge is -2.10. The Morgan fingerprint density at radius 2 is 1.96 bits per heavy atom. The van der Waals surface area contributed by atoms with Gasteiger partial charge in [0.05, 0.1) is 30.1 Å². The van der Waals surface area contributed by atoms with E-state index in [1.54, 1.807) is 4.57 Å². The van der Waals surface area contributed by atoms with Crippen LogP contribution in [-0.2, 0) is 30.9 Å². The molecule has 0 aliphatic carbocycles. The highest BCUT2D eigenvalue weighted by Crippen LogP contribution is 2.23. The molecule has 0 spiro atoms. The van der Waals surface area contributed by atoms with E-state index in [0.717, 1.165) is 31.9 Å². The number of aryl methyl sites for hydroxylation is 2. The maximum absolute atomic E-state index is 12.2. The minimum Gasteiger partial charge on any atom is -0.468 e. The van der Waals surface area contributed by atoms with E-state index in [1.807, 2.05) is 26.0 Å². The van der Waals surface area contributed by atoms with Gasteiger partial charge in [0.25, 0.3) is 5.91 Å². The van der Waals surface area contributed by atoms with Gasteiger partial charge in [0.2, 0.25) is 10.0 Å². The minimum absolute atomic E-state index is 0.0899. The van der Waals surface area contributed by atoms with E-state index in [0.29, 0.717) is 4.80 Å². The first kappa shape index (κ1) is 20.3. The molecule has 142 valence electrons. The molecule has 1 aromatic heterocycles. The first-order chi connectivity index (χ1) is 12.0. The van der Waals surface area contributed by atoms with E-state index in [-0.39, 0.29) is 13.1 Å². The number of rotatable bonds is 5.